The van der Waals surface area contributed by atoms with Crippen molar-refractivity contribution >= 4 is 23.2 Å². The number of nitrogens with zero attached hydrogens (tertiary/aromatic N) is 1. The Bertz CT molecular complexity index is 594. The molecule has 0 radical (unpaired) electrons. The molecular weight excluding hydrogens is 292 g/mol. The third kappa shape index (κ3) is 3.84. The number of rotatable bonds is 4. The van der Waals surface area contributed by atoms with Crippen molar-refractivity contribution in [3.8, 4) is 5.75 Å². The zero-order valence-corrected chi connectivity index (χ0v) is 13.6. The van der Waals surface area contributed by atoms with Gasteiger partial charge in [0.05, 0.1) is 5.69 Å². The number of likely N-dealkylation sites (N-methyl/N-ethyl adjacent to an activating group) is 1. The Morgan fingerprint density at radius 1 is 1.30 bits per heavy atom. The average Bonchev–Trinajstić information content (AvgIpc) is 2.57. The number of carbonyl (C=O) groups is 2. The molecule has 0 spiro atoms. The maximum Gasteiger partial charge on any atom is 0.264 e. The first-order valence-electron chi connectivity index (χ1n) is 8.47. The van der Waals surface area contributed by atoms with Crippen LogP contribution in [0, 0.1) is 5.92 Å². The van der Waals surface area contributed by atoms with Crippen molar-refractivity contribution < 1.29 is 14.3 Å². The molecule has 1 aromatic rings. The first-order chi connectivity index (χ1) is 11.1. The minimum absolute atomic E-state index is 0.0442. The number of nitrogens with one attached hydrogen (secondary N) is 1. The number of ether oxygens (including phenoxy) is 1. The Morgan fingerprint density at radius 3 is 2.87 bits per heavy atom. The summed E-state index contributed by atoms with van der Waals surface area (Å²) in [6.07, 6.45) is 8.03. The topological polar surface area (TPSA) is 58.6 Å². The van der Waals surface area contributed by atoms with Gasteiger partial charge in [-0.2, -0.15) is 0 Å². The largest absolute Gasteiger partial charge is 0.481 e. The lowest BCUT2D eigenvalue weighted by molar-refractivity contribution is -0.121. The van der Waals surface area contributed by atoms with Crippen LogP contribution < -0.4 is 15.0 Å². The minimum Gasteiger partial charge on any atom is -0.481 e. The van der Waals surface area contributed by atoms with Crippen molar-refractivity contribution in [1.29, 1.82) is 0 Å². The highest BCUT2D eigenvalue weighted by atomic mass is 16.5. The minimum atomic E-state index is -0.0678. The molecule has 3 rings (SSSR count). The highest BCUT2D eigenvalue weighted by molar-refractivity contribution is 5.98. The summed E-state index contributed by atoms with van der Waals surface area (Å²) in [5, 5.41) is 2.94. The molecule has 5 heteroatoms. The van der Waals surface area contributed by atoms with Crippen molar-refractivity contribution in [3.63, 3.8) is 0 Å². The van der Waals surface area contributed by atoms with Crippen LogP contribution in [0.5, 0.6) is 5.75 Å². The van der Waals surface area contributed by atoms with Gasteiger partial charge in [-0.15, -0.1) is 0 Å². The summed E-state index contributed by atoms with van der Waals surface area (Å²) in [7, 11) is 1.73. The van der Waals surface area contributed by atoms with E-state index in [1.165, 1.54) is 32.1 Å². The summed E-state index contributed by atoms with van der Waals surface area (Å²) in [6, 6.07) is 5.41. The smallest absolute Gasteiger partial charge is 0.264 e. The fraction of sp³-hybridized carbons (Fsp3) is 0.556. The number of hydrogen-bond acceptors (Lipinski definition) is 3. The van der Waals surface area contributed by atoms with Crippen molar-refractivity contribution in [3.05, 3.63) is 18.2 Å². The van der Waals surface area contributed by atoms with Gasteiger partial charge in [0.2, 0.25) is 5.91 Å². The lowest BCUT2D eigenvalue weighted by atomic mass is 9.86. The molecule has 2 amide bonds. The van der Waals surface area contributed by atoms with Gasteiger partial charge in [0.15, 0.2) is 6.61 Å². The van der Waals surface area contributed by atoms with Crippen LogP contribution in [-0.2, 0) is 9.59 Å². The molecular formula is C18H24N2O3. The maximum atomic E-state index is 12.1. The second-order valence-corrected chi connectivity index (χ2v) is 6.51. The van der Waals surface area contributed by atoms with Gasteiger partial charge >= 0.3 is 0 Å². The zero-order chi connectivity index (χ0) is 16.2. The normalized spacial score (nSPS) is 18.3. The van der Waals surface area contributed by atoms with Crippen molar-refractivity contribution in [1.82, 2.24) is 0 Å². The summed E-state index contributed by atoms with van der Waals surface area (Å²) < 4.78 is 5.44. The zero-order valence-electron chi connectivity index (χ0n) is 13.6. The molecule has 23 heavy (non-hydrogen) atoms. The fourth-order valence-electron chi connectivity index (χ4n) is 3.39. The molecule has 0 unspecified atom stereocenters. The van der Waals surface area contributed by atoms with E-state index in [2.05, 4.69) is 5.32 Å². The summed E-state index contributed by atoms with van der Waals surface area (Å²) in [5.74, 6) is 1.33. The number of anilines is 2. The van der Waals surface area contributed by atoms with E-state index in [4.69, 9.17) is 4.74 Å². The lowest BCUT2D eigenvalue weighted by Gasteiger charge is -2.26. The van der Waals surface area contributed by atoms with Crippen molar-refractivity contribution in [2.75, 3.05) is 23.9 Å². The van der Waals surface area contributed by atoms with Gasteiger partial charge < -0.3 is 15.0 Å². The highest BCUT2D eigenvalue weighted by Gasteiger charge is 2.22. The van der Waals surface area contributed by atoms with Crippen LogP contribution in [0.15, 0.2) is 18.2 Å². The molecule has 1 fully saturated rings. The standard InChI is InChI=1S/C18H24N2O3/c1-20-15-9-8-14(11-16(15)23-12-18(20)22)19-17(21)10-7-13-5-3-2-4-6-13/h8-9,11,13H,2-7,10,12H2,1H3,(H,19,21). The van der Waals surface area contributed by atoms with E-state index in [1.54, 1.807) is 18.0 Å². The Balaban J connectivity index is 1.55. The van der Waals surface area contributed by atoms with Gasteiger partial charge in [-0.3, -0.25) is 9.59 Å². The van der Waals surface area contributed by atoms with Crippen LogP contribution in [-0.4, -0.2) is 25.5 Å². The second-order valence-electron chi connectivity index (χ2n) is 6.51. The van der Waals surface area contributed by atoms with Gasteiger partial charge in [-0.05, 0) is 24.5 Å². The van der Waals surface area contributed by atoms with Crippen LogP contribution in [0.4, 0.5) is 11.4 Å². The van der Waals surface area contributed by atoms with Crippen LogP contribution in [0.2, 0.25) is 0 Å². The van der Waals surface area contributed by atoms with Crippen LogP contribution in [0.3, 0.4) is 0 Å². The molecule has 124 valence electrons. The Morgan fingerprint density at radius 2 is 2.09 bits per heavy atom. The van der Waals surface area contributed by atoms with E-state index in [0.29, 0.717) is 18.1 Å². The average molecular weight is 316 g/mol. The summed E-state index contributed by atoms with van der Waals surface area (Å²) in [4.78, 5) is 25.3. The van der Waals surface area contributed by atoms with E-state index in [-0.39, 0.29) is 18.4 Å². The van der Waals surface area contributed by atoms with Crippen molar-refractivity contribution in [2.45, 2.75) is 44.9 Å². The number of fused-ring (bicyclic) bond motifs is 1. The lowest BCUT2D eigenvalue weighted by Crippen LogP contribution is -2.35. The molecule has 0 bridgehead atoms. The summed E-state index contributed by atoms with van der Waals surface area (Å²) >= 11 is 0. The van der Waals surface area contributed by atoms with Crippen LogP contribution in [0.1, 0.15) is 44.9 Å². The number of hydrogen-bond donors (Lipinski definition) is 1. The van der Waals surface area contributed by atoms with E-state index < -0.39 is 0 Å². The molecule has 1 aromatic carbocycles. The Hall–Kier alpha value is -2.04. The van der Waals surface area contributed by atoms with E-state index in [9.17, 15) is 9.59 Å². The predicted octanol–water partition coefficient (Wildman–Crippen LogP) is 3.34. The number of benzene rings is 1. The molecule has 0 atom stereocenters. The highest BCUT2D eigenvalue weighted by Crippen LogP contribution is 2.34. The Labute approximate surface area is 137 Å². The van der Waals surface area contributed by atoms with Gasteiger partial charge in [0.25, 0.3) is 5.91 Å². The third-order valence-corrected chi connectivity index (χ3v) is 4.83. The SMILES string of the molecule is CN1C(=O)COc2cc(NC(=O)CCC3CCCCC3)ccc21. The summed E-state index contributed by atoms with van der Waals surface area (Å²) in [5.41, 5.74) is 1.46. The monoisotopic (exact) mass is 316 g/mol. The molecule has 0 aromatic heterocycles. The predicted molar refractivity (Wildman–Crippen MR) is 89.8 cm³/mol. The fourth-order valence-corrected chi connectivity index (χ4v) is 3.39. The van der Waals surface area contributed by atoms with Gasteiger partial charge in [0, 0.05) is 25.2 Å². The van der Waals surface area contributed by atoms with Gasteiger partial charge in [0.1, 0.15) is 5.75 Å². The third-order valence-electron chi connectivity index (χ3n) is 4.83. The van der Waals surface area contributed by atoms with Gasteiger partial charge in [-0.1, -0.05) is 32.1 Å². The Kier molecular flexibility index (Phi) is 4.84. The van der Waals surface area contributed by atoms with Crippen LogP contribution in [0.25, 0.3) is 0 Å². The van der Waals surface area contributed by atoms with E-state index in [0.717, 1.165) is 17.8 Å². The first kappa shape index (κ1) is 15.8. The molecule has 1 aliphatic heterocycles. The summed E-state index contributed by atoms with van der Waals surface area (Å²) in [6.45, 7) is 0.0442. The molecule has 0 saturated heterocycles. The quantitative estimate of drug-likeness (QED) is 0.927. The van der Waals surface area contributed by atoms with E-state index >= 15 is 0 Å². The number of amides is 2. The van der Waals surface area contributed by atoms with Crippen LogP contribution >= 0.6 is 0 Å². The first-order valence-corrected chi connectivity index (χ1v) is 8.47. The van der Waals surface area contributed by atoms with E-state index in [1.807, 2.05) is 12.1 Å². The molecule has 1 N–H and O–H groups in total. The van der Waals surface area contributed by atoms with Gasteiger partial charge in [-0.25, -0.2) is 0 Å². The molecule has 1 saturated carbocycles. The maximum absolute atomic E-state index is 12.1. The number of carbonyl (C=O) groups excluding carboxylic acids is 2. The molecule has 2 aliphatic rings. The second kappa shape index (κ2) is 7.02. The van der Waals surface area contributed by atoms with Crippen molar-refractivity contribution in [2.24, 2.45) is 5.92 Å². The molecule has 1 heterocycles. The molecule has 5 nitrogen and oxygen atoms in total. The molecule has 1 aliphatic carbocycles.